The van der Waals surface area contributed by atoms with Crippen LogP contribution in [0.25, 0.3) is 0 Å². The van der Waals surface area contributed by atoms with Crippen molar-refractivity contribution in [1.82, 2.24) is 4.90 Å². The molecule has 164 valence electrons. The fourth-order valence-corrected chi connectivity index (χ4v) is 4.28. The van der Waals surface area contributed by atoms with Crippen molar-refractivity contribution in [1.29, 1.82) is 0 Å². The van der Waals surface area contributed by atoms with Gasteiger partial charge in [0, 0.05) is 37.2 Å². The molecule has 4 rings (SSSR count). The highest BCUT2D eigenvalue weighted by Crippen LogP contribution is 2.19. The van der Waals surface area contributed by atoms with Gasteiger partial charge in [0.25, 0.3) is 15.9 Å². The first-order valence-electron chi connectivity index (χ1n) is 9.78. The molecule has 3 heterocycles. The molecule has 0 unspecified atom stereocenters. The fraction of sp³-hybridized carbons (Fsp3) is 0.350. The molecule has 0 bridgehead atoms. The Labute approximate surface area is 179 Å². The Bertz CT molecular complexity index is 1060. The number of morpholine rings is 1. The van der Waals surface area contributed by atoms with Crippen molar-refractivity contribution in [3.05, 3.63) is 48.2 Å². The summed E-state index contributed by atoms with van der Waals surface area (Å²) in [6, 6.07) is 7.43. The van der Waals surface area contributed by atoms with E-state index < -0.39 is 28.5 Å². The van der Waals surface area contributed by atoms with E-state index in [0.29, 0.717) is 18.9 Å². The second kappa shape index (κ2) is 8.90. The van der Waals surface area contributed by atoms with Crippen molar-refractivity contribution in [2.45, 2.75) is 0 Å². The summed E-state index contributed by atoms with van der Waals surface area (Å²) in [5.74, 6) is -1.02. The molecule has 1 saturated heterocycles. The molecule has 3 aliphatic rings. The molecule has 11 heteroatoms. The molecule has 0 aliphatic carbocycles. The van der Waals surface area contributed by atoms with Gasteiger partial charge in [-0.2, -0.15) is 0 Å². The number of ether oxygens (including phenoxy) is 2. The molecule has 0 atom stereocenters. The van der Waals surface area contributed by atoms with Crippen molar-refractivity contribution >= 4 is 39.1 Å². The number of amidine groups is 1. The largest absolute Gasteiger partial charge is 0.452 e. The topological polar surface area (TPSA) is 118 Å². The van der Waals surface area contributed by atoms with Crippen LogP contribution in [0, 0.1) is 0 Å². The van der Waals surface area contributed by atoms with Crippen molar-refractivity contribution in [3.63, 3.8) is 0 Å². The number of sulfonamides is 1. The molecule has 1 aromatic carbocycles. The van der Waals surface area contributed by atoms with Crippen LogP contribution in [0.3, 0.4) is 0 Å². The van der Waals surface area contributed by atoms with E-state index in [0.717, 1.165) is 18.8 Å². The van der Waals surface area contributed by atoms with E-state index in [4.69, 9.17) is 9.47 Å². The number of rotatable bonds is 5. The van der Waals surface area contributed by atoms with Crippen LogP contribution in [0.2, 0.25) is 0 Å². The molecule has 3 aliphatic heterocycles. The van der Waals surface area contributed by atoms with E-state index in [1.54, 1.807) is 17.0 Å². The molecule has 1 fully saturated rings. The highest BCUT2D eigenvalue weighted by Gasteiger charge is 2.25. The summed E-state index contributed by atoms with van der Waals surface area (Å²) in [6.07, 6.45) is 4.32. The third kappa shape index (κ3) is 5.30. The van der Waals surface area contributed by atoms with Crippen LogP contribution >= 0.6 is 0 Å². The number of benzene rings is 1. The van der Waals surface area contributed by atoms with Crippen LogP contribution in [0.1, 0.15) is 0 Å². The molecule has 31 heavy (non-hydrogen) atoms. The van der Waals surface area contributed by atoms with Crippen molar-refractivity contribution in [2.75, 3.05) is 55.4 Å². The first-order chi connectivity index (χ1) is 14.9. The van der Waals surface area contributed by atoms with Crippen LogP contribution < -0.4 is 10.2 Å². The number of carbonyl (C=O) groups is 2. The Balaban J connectivity index is 1.28. The lowest BCUT2D eigenvalue weighted by molar-refractivity contribution is -0.143. The van der Waals surface area contributed by atoms with Gasteiger partial charge >= 0.3 is 5.97 Å². The first kappa shape index (κ1) is 21.1. The number of amides is 1. The van der Waals surface area contributed by atoms with Gasteiger partial charge in [-0.1, -0.05) is 0 Å². The number of anilines is 2. The van der Waals surface area contributed by atoms with Gasteiger partial charge in [0.1, 0.15) is 5.84 Å². The molecular formula is C20H22N4O6S. The Morgan fingerprint density at radius 1 is 1.10 bits per heavy atom. The maximum Gasteiger partial charge on any atom is 0.340 e. The zero-order valence-corrected chi connectivity index (χ0v) is 17.5. The number of nitrogens with one attached hydrogen (secondary N) is 1. The fourth-order valence-electron chi connectivity index (χ4n) is 3.31. The second-order valence-corrected chi connectivity index (χ2v) is 8.87. The zero-order chi connectivity index (χ0) is 21.8. The van der Waals surface area contributed by atoms with Crippen LogP contribution in [0.15, 0.2) is 52.6 Å². The summed E-state index contributed by atoms with van der Waals surface area (Å²) in [5.41, 5.74) is 1.86. The number of fused-ring (bicyclic) bond motifs is 1. The summed E-state index contributed by atoms with van der Waals surface area (Å²) >= 11 is 0. The number of nitrogens with zero attached hydrogens (tertiary/aromatic N) is 3. The maximum absolute atomic E-state index is 12.3. The van der Waals surface area contributed by atoms with Crippen molar-refractivity contribution < 1.29 is 27.5 Å². The van der Waals surface area contributed by atoms with Crippen molar-refractivity contribution in [2.24, 2.45) is 4.40 Å². The average Bonchev–Trinajstić information content (AvgIpc) is 2.77. The Morgan fingerprint density at radius 2 is 1.84 bits per heavy atom. The molecule has 10 nitrogen and oxygen atoms in total. The van der Waals surface area contributed by atoms with E-state index >= 15 is 0 Å². The first-order valence-corrected chi connectivity index (χ1v) is 11.4. The van der Waals surface area contributed by atoms with E-state index in [1.165, 1.54) is 18.4 Å². The predicted molar refractivity (Wildman–Crippen MR) is 114 cm³/mol. The maximum atomic E-state index is 12.3. The number of esters is 1. The average molecular weight is 446 g/mol. The highest BCUT2D eigenvalue weighted by molar-refractivity contribution is 7.90. The smallest absolute Gasteiger partial charge is 0.340 e. The van der Waals surface area contributed by atoms with Gasteiger partial charge in [-0.15, -0.1) is 4.40 Å². The molecule has 1 aromatic rings. The zero-order valence-electron chi connectivity index (χ0n) is 16.7. The van der Waals surface area contributed by atoms with E-state index in [9.17, 15) is 18.0 Å². The lowest BCUT2D eigenvalue weighted by Crippen LogP contribution is -2.37. The Hall–Kier alpha value is -3.18. The van der Waals surface area contributed by atoms with Crippen LogP contribution in [-0.4, -0.2) is 76.2 Å². The molecule has 1 N–H and O–H groups in total. The summed E-state index contributed by atoms with van der Waals surface area (Å²) in [4.78, 5) is 28.2. The molecular weight excluding hydrogens is 424 g/mol. The standard InChI is InChI=1S/C20H22N4O6S/c25-19(21-16-2-4-17(5-3-16)23-7-10-29-11-8-23)14-30-20(26)15-1-6-18-22-31(27,28)12-9-24(18)13-15/h1-6,13H,7-12,14H2,(H,21,25). The SMILES string of the molecule is O=C(COC(=O)C1=CN2CCS(=O)(=O)N=C2C=C1)Nc1ccc(N2CCOCC2)cc1. The summed E-state index contributed by atoms with van der Waals surface area (Å²) in [5, 5.41) is 2.69. The summed E-state index contributed by atoms with van der Waals surface area (Å²) < 4.78 is 37.1. The van der Waals surface area contributed by atoms with Gasteiger partial charge in [0.2, 0.25) is 0 Å². The minimum atomic E-state index is -3.46. The van der Waals surface area contributed by atoms with E-state index in [2.05, 4.69) is 14.6 Å². The van der Waals surface area contributed by atoms with Crippen LogP contribution in [0.4, 0.5) is 11.4 Å². The third-order valence-corrected chi connectivity index (χ3v) is 6.08. The Morgan fingerprint density at radius 3 is 2.58 bits per heavy atom. The summed E-state index contributed by atoms with van der Waals surface area (Å²) in [7, 11) is -3.46. The molecule has 0 spiro atoms. The number of hydrogen-bond donors (Lipinski definition) is 1. The van der Waals surface area contributed by atoms with Gasteiger partial charge in [0.15, 0.2) is 6.61 Å². The van der Waals surface area contributed by atoms with Gasteiger partial charge in [-0.3, -0.25) is 4.79 Å². The lowest BCUT2D eigenvalue weighted by atomic mass is 10.2. The lowest BCUT2D eigenvalue weighted by Gasteiger charge is -2.28. The predicted octanol–water partition coefficient (Wildman–Crippen LogP) is 0.503. The van der Waals surface area contributed by atoms with E-state index in [1.807, 2.05) is 12.1 Å². The molecule has 0 radical (unpaired) electrons. The van der Waals surface area contributed by atoms with Gasteiger partial charge in [-0.25, -0.2) is 13.2 Å². The minimum absolute atomic E-state index is 0.129. The highest BCUT2D eigenvalue weighted by atomic mass is 32.2. The van der Waals surface area contributed by atoms with Gasteiger partial charge in [0.05, 0.1) is 24.5 Å². The summed E-state index contributed by atoms with van der Waals surface area (Å²) in [6.45, 7) is 2.80. The van der Waals surface area contributed by atoms with Crippen LogP contribution in [0.5, 0.6) is 0 Å². The monoisotopic (exact) mass is 446 g/mol. The van der Waals surface area contributed by atoms with Crippen molar-refractivity contribution in [3.8, 4) is 0 Å². The van der Waals surface area contributed by atoms with Gasteiger partial charge in [-0.05, 0) is 36.4 Å². The second-order valence-electron chi connectivity index (χ2n) is 7.12. The van der Waals surface area contributed by atoms with E-state index in [-0.39, 0.29) is 23.7 Å². The number of carbonyl (C=O) groups excluding carboxylic acids is 2. The minimum Gasteiger partial charge on any atom is -0.452 e. The quantitative estimate of drug-likeness (QED) is 0.650. The molecule has 1 amide bonds. The molecule has 0 saturated carbocycles. The third-order valence-electron chi connectivity index (χ3n) is 4.92. The number of hydrogen-bond acceptors (Lipinski definition) is 8. The normalized spacial score (nSPS) is 19.7. The molecule has 0 aromatic heterocycles. The Kier molecular flexibility index (Phi) is 6.05. The van der Waals surface area contributed by atoms with Crippen LogP contribution in [-0.2, 0) is 29.1 Å². The van der Waals surface area contributed by atoms with Gasteiger partial charge < -0.3 is 24.6 Å².